The largest absolute Gasteiger partial charge is 0.444 e. The van der Waals surface area contributed by atoms with Crippen LogP contribution in [0.2, 0.25) is 0 Å². The van der Waals surface area contributed by atoms with Gasteiger partial charge in [0.2, 0.25) is 5.91 Å². The Balaban J connectivity index is 2.63. The second-order valence-corrected chi connectivity index (χ2v) is 8.36. The van der Waals surface area contributed by atoms with Gasteiger partial charge in [0.25, 0.3) is 0 Å². The van der Waals surface area contributed by atoms with Gasteiger partial charge in [0.05, 0.1) is 5.54 Å². The fourth-order valence-electron chi connectivity index (χ4n) is 3.21. The number of nitrogens with zero attached hydrogens (tertiary/aromatic N) is 2. The minimum absolute atomic E-state index is 0.179. The normalized spacial score (nSPS) is 18.0. The maximum absolute atomic E-state index is 12.3. The first-order chi connectivity index (χ1) is 13.1. The summed E-state index contributed by atoms with van der Waals surface area (Å²) in [6.45, 7) is 13.5. The third-order valence-electron chi connectivity index (χ3n) is 5.12. The number of ether oxygens (including phenoxy) is 1. The molecule has 0 aliphatic carbocycles. The summed E-state index contributed by atoms with van der Waals surface area (Å²) in [7, 11) is 1.72. The molecule has 2 amide bonds. The van der Waals surface area contributed by atoms with E-state index in [0.717, 1.165) is 25.8 Å². The molecular weight excluding hydrogens is 358 g/mol. The van der Waals surface area contributed by atoms with Crippen molar-refractivity contribution in [1.29, 1.82) is 0 Å². The molecule has 28 heavy (non-hydrogen) atoms. The lowest BCUT2D eigenvalue weighted by molar-refractivity contribution is -0.129. The highest BCUT2D eigenvalue weighted by atomic mass is 16.6. The number of amides is 2. The quantitative estimate of drug-likeness (QED) is 0.452. The molecule has 0 aromatic carbocycles. The van der Waals surface area contributed by atoms with Crippen molar-refractivity contribution in [3.63, 3.8) is 0 Å². The van der Waals surface area contributed by atoms with E-state index in [9.17, 15) is 9.59 Å². The molecule has 1 unspecified atom stereocenters. The molecule has 1 saturated heterocycles. The third-order valence-corrected chi connectivity index (χ3v) is 5.12. The topological polar surface area (TPSA) is 95.1 Å². The van der Waals surface area contributed by atoms with Gasteiger partial charge in [-0.05, 0) is 40.0 Å². The van der Waals surface area contributed by atoms with E-state index in [1.165, 1.54) is 0 Å². The lowest BCUT2D eigenvalue weighted by Crippen LogP contribution is -2.57. The van der Waals surface area contributed by atoms with Gasteiger partial charge in [-0.1, -0.05) is 20.8 Å². The van der Waals surface area contributed by atoms with Gasteiger partial charge in [0.15, 0.2) is 5.96 Å². The van der Waals surface area contributed by atoms with E-state index in [4.69, 9.17) is 4.74 Å². The van der Waals surface area contributed by atoms with E-state index in [2.05, 4.69) is 20.9 Å². The Kier molecular flexibility index (Phi) is 9.04. The molecule has 1 heterocycles. The number of hydrogen-bond donors (Lipinski definition) is 3. The summed E-state index contributed by atoms with van der Waals surface area (Å²) < 4.78 is 5.42. The molecule has 0 spiro atoms. The third kappa shape index (κ3) is 7.56. The maximum atomic E-state index is 12.3. The van der Waals surface area contributed by atoms with Crippen LogP contribution in [0.3, 0.4) is 0 Å². The molecule has 162 valence electrons. The Morgan fingerprint density at radius 3 is 2.32 bits per heavy atom. The average Bonchev–Trinajstić information content (AvgIpc) is 3.10. The molecule has 0 aromatic heterocycles. The van der Waals surface area contributed by atoms with Crippen molar-refractivity contribution >= 4 is 18.0 Å². The minimum atomic E-state index is -0.535. The summed E-state index contributed by atoms with van der Waals surface area (Å²) in [4.78, 5) is 30.3. The van der Waals surface area contributed by atoms with Gasteiger partial charge in [-0.2, -0.15) is 0 Å². The molecule has 8 nitrogen and oxygen atoms in total. The van der Waals surface area contributed by atoms with Crippen molar-refractivity contribution in [2.75, 3.05) is 26.7 Å². The summed E-state index contributed by atoms with van der Waals surface area (Å²) in [5.41, 5.74) is -0.966. The van der Waals surface area contributed by atoms with Gasteiger partial charge in [0, 0.05) is 39.1 Å². The molecule has 0 bridgehead atoms. The second kappa shape index (κ2) is 10.5. The molecule has 0 radical (unpaired) electrons. The molecular formula is C20H39N5O3. The predicted molar refractivity (Wildman–Crippen MR) is 112 cm³/mol. The first-order valence-corrected chi connectivity index (χ1v) is 10.3. The highest BCUT2D eigenvalue weighted by molar-refractivity contribution is 5.81. The average molecular weight is 398 g/mol. The zero-order valence-electron chi connectivity index (χ0n) is 18.6. The standard InChI is InChI=1S/C20H39N5O3/c1-8-16(26)25-12-11-15(13-25)23-17(21-7)22-14-20(9-2,10-3)24-18(27)28-19(4,5)6/h15H,8-14H2,1-7H3,(H,24,27)(H2,21,22,23). The fourth-order valence-corrected chi connectivity index (χ4v) is 3.21. The molecule has 1 atom stereocenters. The maximum Gasteiger partial charge on any atom is 0.408 e. The highest BCUT2D eigenvalue weighted by Gasteiger charge is 2.31. The minimum Gasteiger partial charge on any atom is -0.444 e. The van der Waals surface area contributed by atoms with Crippen molar-refractivity contribution in [2.45, 2.75) is 84.4 Å². The van der Waals surface area contributed by atoms with Crippen molar-refractivity contribution in [3.8, 4) is 0 Å². The number of nitrogens with one attached hydrogen (secondary N) is 3. The van der Waals surface area contributed by atoms with Crippen LogP contribution >= 0.6 is 0 Å². The monoisotopic (exact) mass is 397 g/mol. The summed E-state index contributed by atoms with van der Waals surface area (Å²) in [5.74, 6) is 0.859. The lowest BCUT2D eigenvalue weighted by Gasteiger charge is -2.34. The van der Waals surface area contributed by atoms with Gasteiger partial charge in [-0.3, -0.25) is 9.79 Å². The number of carbonyl (C=O) groups excluding carboxylic acids is 2. The summed E-state index contributed by atoms with van der Waals surface area (Å²) in [6, 6.07) is 0.179. The van der Waals surface area contributed by atoms with E-state index in [0.29, 0.717) is 25.5 Å². The van der Waals surface area contributed by atoms with Crippen molar-refractivity contribution in [3.05, 3.63) is 0 Å². The Labute approximate surface area is 169 Å². The van der Waals surface area contributed by atoms with Gasteiger partial charge < -0.3 is 25.6 Å². The van der Waals surface area contributed by atoms with Crippen LogP contribution in [0.4, 0.5) is 4.79 Å². The number of aliphatic imine (C=N–C) groups is 1. The fraction of sp³-hybridized carbons (Fsp3) is 0.850. The van der Waals surface area contributed by atoms with Crippen molar-refractivity contribution in [2.24, 2.45) is 4.99 Å². The summed E-state index contributed by atoms with van der Waals surface area (Å²) >= 11 is 0. The lowest BCUT2D eigenvalue weighted by atomic mass is 9.93. The Hall–Kier alpha value is -1.99. The van der Waals surface area contributed by atoms with Crippen molar-refractivity contribution < 1.29 is 14.3 Å². The van der Waals surface area contributed by atoms with Crippen molar-refractivity contribution in [1.82, 2.24) is 20.9 Å². The Bertz CT molecular complexity index is 553. The van der Waals surface area contributed by atoms with E-state index >= 15 is 0 Å². The molecule has 0 aromatic rings. The van der Waals surface area contributed by atoms with Crippen LogP contribution in [0.25, 0.3) is 0 Å². The SMILES string of the molecule is CCC(=O)N1CCC(NC(=NC)NCC(CC)(CC)NC(=O)OC(C)(C)C)C1. The Morgan fingerprint density at radius 2 is 1.82 bits per heavy atom. The molecule has 3 N–H and O–H groups in total. The van der Waals surface area contributed by atoms with Crippen LogP contribution in [0.5, 0.6) is 0 Å². The predicted octanol–water partition coefficient (Wildman–Crippen LogP) is 2.25. The van der Waals surface area contributed by atoms with E-state index in [1.54, 1.807) is 7.05 Å². The van der Waals surface area contributed by atoms with Crippen LogP contribution in [0.1, 0.15) is 67.2 Å². The molecule has 1 fully saturated rings. The van der Waals surface area contributed by atoms with Crippen LogP contribution in [-0.2, 0) is 9.53 Å². The van der Waals surface area contributed by atoms with Crippen LogP contribution in [0, 0.1) is 0 Å². The van der Waals surface area contributed by atoms with Gasteiger partial charge >= 0.3 is 6.09 Å². The summed E-state index contributed by atoms with van der Waals surface area (Å²) in [5, 5.41) is 9.75. The number of likely N-dealkylation sites (tertiary alicyclic amines) is 1. The number of hydrogen-bond acceptors (Lipinski definition) is 4. The number of alkyl carbamates (subject to hydrolysis) is 1. The molecule has 1 aliphatic heterocycles. The van der Waals surface area contributed by atoms with Crippen LogP contribution in [0.15, 0.2) is 4.99 Å². The molecule has 1 rings (SSSR count). The van der Waals surface area contributed by atoms with Gasteiger partial charge in [-0.25, -0.2) is 4.79 Å². The van der Waals surface area contributed by atoms with Gasteiger partial charge in [-0.15, -0.1) is 0 Å². The zero-order chi connectivity index (χ0) is 21.4. The summed E-state index contributed by atoms with van der Waals surface area (Å²) in [6.07, 6.45) is 2.54. The highest BCUT2D eigenvalue weighted by Crippen LogP contribution is 2.16. The van der Waals surface area contributed by atoms with E-state index in [1.807, 2.05) is 46.4 Å². The second-order valence-electron chi connectivity index (χ2n) is 8.36. The molecule has 8 heteroatoms. The smallest absolute Gasteiger partial charge is 0.408 e. The first kappa shape index (κ1) is 24.0. The number of rotatable bonds is 7. The van der Waals surface area contributed by atoms with Crippen LogP contribution in [-0.4, -0.2) is 66.7 Å². The molecule has 1 aliphatic rings. The first-order valence-electron chi connectivity index (χ1n) is 10.3. The van der Waals surface area contributed by atoms with Gasteiger partial charge in [0.1, 0.15) is 5.60 Å². The Morgan fingerprint density at radius 1 is 1.18 bits per heavy atom. The molecule has 0 saturated carbocycles. The zero-order valence-corrected chi connectivity index (χ0v) is 18.6. The van der Waals surface area contributed by atoms with E-state index < -0.39 is 17.2 Å². The number of carbonyl (C=O) groups is 2. The number of guanidine groups is 1. The van der Waals surface area contributed by atoms with E-state index in [-0.39, 0.29) is 11.9 Å². The van der Waals surface area contributed by atoms with Crippen LogP contribution < -0.4 is 16.0 Å².